The lowest BCUT2D eigenvalue weighted by Crippen LogP contribution is -2.59. The second-order valence-corrected chi connectivity index (χ2v) is 11.4. The number of nitrogens with one attached hydrogen (secondary N) is 3. The highest BCUT2D eigenvalue weighted by molar-refractivity contribution is 6.07. The van der Waals surface area contributed by atoms with Crippen molar-refractivity contribution in [2.75, 3.05) is 29.6 Å². The number of nitrogens with zero attached hydrogens (tertiary/aromatic N) is 3. The molecule has 9 nitrogen and oxygen atoms in total. The molecular formula is C27H38N6O3. The van der Waals surface area contributed by atoms with E-state index < -0.39 is 5.60 Å². The van der Waals surface area contributed by atoms with Crippen molar-refractivity contribution >= 4 is 29.3 Å². The van der Waals surface area contributed by atoms with Gasteiger partial charge in [0.05, 0.1) is 5.56 Å². The lowest BCUT2D eigenvalue weighted by atomic mass is 9.52. The summed E-state index contributed by atoms with van der Waals surface area (Å²) in [5, 5.41) is 17.7. The minimum absolute atomic E-state index is 0.172. The number of aromatic nitrogens is 2. The number of rotatable bonds is 7. The largest absolute Gasteiger partial charge is 0.444 e. The third-order valence-electron chi connectivity index (χ3n) is 6.89. The Bertz CT molecular complexity index is 1100. The summed E-state index contributed by atoms with van der Waals surface area (Å²) in [6, 6.07) is 9.96. The van der Waals surface area contributed by atoms with Gasteiger partial charge in [0.1, 0.15) is 5.60 Å². The fourth-order valence-corrected chi connectivity index (χ4v) is 5.15. The first-order valence-corrected chi connectivity index (χ1v) is 12.7. The predicted octanol–water partition coefficient (Wildman–Crippen LogP) is 4.61. The van der Waals surface area contributed by atoms with E-state index in [0.29, 0.717) is 17.4 Å². The molecule has 0 aliphatic heterocycles. The highest BCUT2D eigenvalue weighted by Gasteiger charge is 2.53. The summed E-state index contributed by atoms with van der Waals surface area (Å²) in [5.74, 6) is 0.921. The molecule has 1 aromatic carbocycles. The van der Waals surface area contributed by atoms with Crippen molar-refractivity contribution in [2.24, 2.45) is 5.41 Å². The third-order valence-corrected chi connectivity index (χ3v) is 6.89. The van der Waals surface area contributed by atoms with Crippen molar-refractivity contribution in [3.05, 3.63) is 41.5 Å². The van der Waals surface area contributed by atoms with E-state index in [1.807, 2.05) is 58.0 Å². The van der Waals surface area contributed by atoms with Gasteiger partial charge in [0.15, 0.2) is 11.6 Å². The molecule has 1 heterocycles. The smallest absolute Gasteiger partial charge is 0.407 e. The zero-order chi connectivity index (χ0) is 26.1. The Morgan fingerprint density at radius 2 is 1.75 bits per heavy atom. The SMILES string of the molecule is CCc1ccc(C(=O)Nc2ccc(N(C)C)nn2)c(NC2CC3(CC(NC(=O)OC(C)(C)C)C3)C2)c1. The summed E-state index contributed by atoms with van der Waals surface area (Å²) in [4.78, 5) is 27.0. The molecule has 194 valence electrons. The average Bonchev–Trinajstić information content (AvgIpc) is 2.75. The van der Waals surface area contributed by atoms with E-state index in [1.54, 1.807) is 6.07 Å². The molecule has 36 heavy (non-hydrogen) atoms. The molecule has 1 spiro atoms. The number of ether oxygens (including phenoxy) is 1. The standard InChI is InChI=1S/C27H38N6O3/c1-7-17-8-9-20(24(34)30-22-10-11-23(32-31-22)33(5)6)21(12-17)28-18-13-27(14-18)15-19(16-27)29-25(35)36-26(2,3)4/h8-12,18-19,28H,7,13-16H2,1-6H3,(H,29,35)(H,30,31,34). The van der Waals surface area contributed by atoms with Crippen molar-refractivity contribution in [3.63, 3.8) is 0 Å². The summed E-state index contributed by atoms with van der Waals surface area (Å²) < 4.78 is 5.37. The first kappa shape index (κ1) is 25.7. The van der Waals surface area contributed by atoms with Gasteiger partial charge < -0.3 is 25.6 Å². The van der Waals surface area contributed by atoms with Crippen molar-refractivity contribution < 1.29 is 14.3 Å². The van der Waals surface area contributed by atoms with Gasteiger partial charge in [0.2, 0.25) is 0 Å². The molecule has 1 aromatic heterocycles. The van der Waals surface area contributed by atoms with Gasteiger partial charge in [-0.15, -0.1) is 10.2 Å². The van der Waals surface area contributed by atoms with Crippen molar-refractivity contribution in [1.29, 1.82) is 0 Å². The fraction of sp³-hybridized carbons (Fsp3) is 0.556. The van der Waals surface area contributed by atoms with Gasteiger partial charge in [-0.1, -0.05) is 13.0 Å². The van der Waals surface area contributed by atoms with E-state index in [9.17, 15) is 9.59 Å². The number of carbonyl (C=O) groups is 2. The van der Waals surface area contributed by atoms with Gasteiger partial charge in [-0.25, -0.2) is 4.79 Å². The maximum absolute atomic E-state index is 13.1. The zero-order valence-electron chi connectivity index (χ0n) is 22.1. The number of aryl methyl sites for hydroxylation is 1. The fourth-order valence-electron chi connectivity index (χ4n) is 5.15. The quantitative estimate of drug-likeness (QED) is 0.516. The van der Waals surface area contributed by atoms with Crippen LogP contribution in [0.1, 0.15) is 69.3 Å². The third kappa shape index (κ3) is 6.06. The van der Waals surface area contributed by atoms with Crippen LogP contribution in [0.3, 0.4) is 0 Å². The van der Waals surface area contributed by atoms with Crippen LogP contribution in [0.15, 0.2) is 30.3 Å². The monoisotopic (exact) mass is 494 g/mol. The lowest BCUT2D eigenvalue weighted by Gasteiger charge is -2.58. The number of benzene rings is 1. The Hall–Kier alpha value is -3.36. The van der Waals surface area contributed by atoms with Crippen molar-refractivity contribution in [2.45, 2.75) is 77.5 Å². The van der Waals surface area contributed by atoms with Gasteiger partial charge in [-0.2, -0.15) is 0 Å². The molecule has 9 heteroatoms. The predicted molar refractivity (Wildman–Crippen MR) is 142 cm³/mol. The van der Waals surface area contributed by atoms with Crippen LogP contribution in [0.4, 0.5) is 22.1 Å². The molecule has 0 unspecified atom stereocenters. The number of amides is 2. The maximum Gasteiger partial charge on any atom is 0.407 e. The molecule has 3 N–H and O–H groups in total. The molecule has 2 fully saturated rings. The normalized spacial score (nSPS) is 22.7. The molecule has 2 saturated carbocycles. The Kier molecular flexibility index (Phi) is 7.11. The zero-order valence-corrected chi connectivity index (χ0v) is 22.1. The van der Waals surface area contributed by atoms with Crippen molar-refractivity contribution in [3.8, 4) is 0 Å². The van der Waals surface area contributed by atoms with Gasteiger partial charge in [-0.3, -0.25) is 4.79 Å². The van der Waals surface area contributed by atoms with E-state index in [4.69, 9.17) is 4.74 Å². The van der Waals surface area contributed by atoms with Crippen LogP contribution in [-0.4, -0.2) is 54.0 Å². The molecule has 2 aliphatic carbocycles. The van der Waals surface area contributed by atoms with E-state index in [2.05, 4.69) is 39.1 Å². The second kappa shape index (κ2) is 9.95. The number of hydrogen-bond acceptors (Lipinski definition) is 7. The molecule has 0 bridgehead atoms. The Balaban J connectivity index is 1.34. The van der Waals surface area contributed by atoms with Crippen LogP contribution in [0.5, 0.6) is 0 Å². The molecule has 2 aromatic rings. The summed E-state index contributed by atoms with van der Waals surface area (Å²) in [5.41, 5.74) is 2.38. The van der Waals surface area contributed by atoms with Gasteiger partial charge >= 0.3 is 6.09 Å². The Morgan fingerprint density at radius 3 is 2.33 bits per heavy atom. The van der Waals surface area contributed by atoms with Crippen LogP contribution in [0, 0.1) is 5.41 Å². The van der Waals surface area contributed by atoms with Gasteiger partial charge in [-0.05, 0) is 88.1 Å². The molecule has 4 rings (SSSR count). The van der Waals surface area contributed by atoms with Crippen LogP contribution in [-0.2, 0) is 11.2 Å². The average molecular weight is 495 g/mol. The lowest BCUT2D eigenvalue weighted by molar-refractivity contribution is -0.0178. The van der Waals surface area contributed by atoms with Crippen LogP contribution in [0.25, 0.3) is 0 Å². The van der Waals surface area contributed by atoms with E-state index in [1.165, 1.54) is 5.56 Å². The highest BCUT2D eigenvalue weighted by atomic mass is 16.6. The molecular weight excluding hydrogens is 456 g/mol. The maximum atomic E-state index is 13.1. The van der Waals surface area contributed by atoms with Crippen LogP contribution < -0.4 is 20.9 Å². The Labute approximate surface area is 213 Å². The first-order valence-electron chi connectivity index (χ1n) is 12.7. The number of carbonyl (C=O) groups excluding carboxylic acids is 2. The topological polar surface area (TPSA) is 108 Å². The number of anilines is 3. The minimum Gasteiger partial charge on any atom is -0.444 e. The van der Waals surface area contributed by atoms with Crippen LogP contribution in [0.2, 0.25) is 0 Å². The number of hydrogen-bond donors (Lipinski definition) is 3. The summed E-state index contributed by atoms with van der Waals surface area (Å²) in [7, 11) is 3.78. The number of alkyl carbamates (subject to hydrolysis) is 1. The second-order valence-electron chi connectivity index (χ2n) is 11.4. The van der Waals surface area contributed by atoms with Crippen molar-refractivity contribution in [1.82, 2.24) is 15.5 Å². The molecule has 0 saturated heterocycles. The minimum atomic E-state index is -0.490. The first-order chi connectivity index (χ1) is 16.9. The summed E-state index contributed by atoms with van der Waals surface area (Å²) >= 11 is 0. The van der Waals surface area contributed by atoms with Gasteiger partial charge in [0, 0.05) is 31.9 Å². The summed E-state index contributed by atoms with van der Waals surface area (Å²) in [6.07, 6.45) is 4.52. The van der Waals surface area contributed by atoms with E-state index in [-0.39, 0.29) is 23.5 Å². The van der Waals surface area contributed by atoms with E-state index in [0.717, 1.165) is 43.6 Å². The highest BCUT2D eigenvalue weighted by Crippen LogP contribution is 2.56. The van der Waals surface area contributed by atoms with E-state index >= 15 is 0 Å². The molecule has 2 aliphatic rings. The van der Waals surface area contributed by atoms with Crippen LogP contribution >= 0.6 is 0 Å². The molecule has 0 radical (unpaired) electrons. The molecule has 2 amide bonds. The Morgan fingerprint density at radius 1 is 1.06 bits per heavy atom. The van der Waals surface area contributed by atoms with Gasteiger partial charge in [0.25, 0.3) is 5.91 Å². The summed E-state index contributed by atoms with van der Waals surface area (Å²) in [6.45, 7) is 7.71. The molecule has 0 atom stereocenters.